The van der Waals surface area contributed by atoms with Crippen LogP contribution >= 0.6 is 0 Å². The van der Waals surface area contributed by atoms with E-state index in [1.165, 1.54) is 0 Å². The van der Waals surface area contributed by atoms with Crippen molar-refractivity contribution in [2.75, 3.05) is 19.0 Å². The molecule has 1 heterocycles. The van der Waals surface area contributed by atoms with Gasteiger partial charge in [0, 0.05) is 18.7 Å². The lowest BCUT2D eigenvalue weighted by atomic mass is 9.84. The van der Waals surface area contributed by atoms with E-state index in [9.17, 15) is 4.79 Å². The van der Waals surface area contributed by atoms with E-state index in [0.717, 1.165) is 28.8 Å². The molecule has 0 saturated carbocycles. The van der Waals surface area contributed by atoms with Gasteiger partial charge in [-0.1, -0.05) is 34.6 Å². The SMILES string of the molecule is CCCOc1ccc(NC(=O)C(CC(C)C)(CC(C)C)OC)c2cccnc12. The quantitative estimate of drug-likeness (QED) is 0.591. The monoisotopic (exact) mass is 386 g/mol. The van der Waals surface area contributed by atoms with Gasteiger partial charge < -0.3 is 14.8 Å². The topological polar surface area (TPSA) is 60.5 Å². The van der Waals surface area contributed by atoms with Crippen LogP contribution in [-0.2, 0) is 9.53 Å². The number of rotatable bonds is 10. The van der Waals surface area contributed by atoms with Crippen LogP contribution in [0.1, 0.15) is 53.9 Å². The van der Waals surface area contributed by atoms with Crippen molar-refractivity contribution in [3.8, 4) is 5.75 Å². The minimum atomic E-state index is -0.853. The van der Waals surface area contributed by atoms with Gasteiger partial charge in [0.05, 0.1) is 12.3 Å². The number of nitrogens with one attached hydrogen (secondary N) is 1. The Morgan fingerprint density at radius 1 is 1.14 bits per heavy atom. The lowest BCUT2D eigenvalue weighted by molar-refractivity contribution is -0.142. The maximum absolute atomic E-state index is 13.3. The van der Waals surface area contributed by atoms with Crippen LogP contribution < -0.4 is 10.1 Å². The fourth-order valence-electron chi connectivity index (χ4n) is 3.67. The molecule has 1 aromatic heterocycles. The molecule has 1 N–H and O–H groups in total. The number of methoxy groups -OCH3 is 1. The summed E-state index contributed by atoms with van der Waals surface area (Å²) in [6.07, 6.45) is 4.00. The Morgan fingerprint density at radius 2 is 1.82 bits per heavy atom. The van der Waals surface area contributed by atoms with Gasteiger partial charge in [0.25, 0.3) is 5.91 Å². The highest BCUT2D eigenvalue weighted by Crippen LogP contribution is 2.33. The molecule has 0 aliphatic heterocycles. The lowest BCUT2D eigenvalue weighted by Crippen LogP contribution is -2.47. The predicted molar refractivity (Wildman–Crippen MR) is 115 cm³/mol. The molecule has 0 unspecified atom stereocenters. The molecule has 0 fully saturated rings. The van der Waals surface area contributed by atoms with Crippen molar-refractivity contribution in [3.05, 3.63) is 30.5 Å². The fraction of sp³-hybridized carbons (Fsp3) is 0.565. The van der Waals surface area contributed by atoms with Crippen molar-refractivity contribution >= 4 is 22.5 Å². The number of hydrogen-bond acceptors (Lipinski definition) is 4. The molecule has 2 rings (SSSR count). The average molecular weight is 387 g/mol. The molecule has 0 aliphatic carbocycles. The molecular weight excluding hydrogens is 352 g/mol. The first-order valence-electron chi connectivity index (χ1n) is 10.2. The minimum absolute atomic E-state index is 0.107. The van der Waals surface area contributed by atoms with E-state index in [0.29, 0.717) is 31.3 Å². The van der Waals surface area contributed by atoms with Crippen molar-refractivity contribution in [2.45, 2.75) is 59.5 Å². The molecule has 0 saturated heterocycles. The van der Waals surface area contributed by atoms with Crippen LogP contribution in [0.2, 0.25) is 0 Å². The van der Waals surface area contributed by atoms with Crippen LogP contribution in [0.25, 0.3) is 10.9 Å². The molecule has 1 amide bonds. The second-order valence-electron chi connectivity index (χ2n) is 8.21. The zero-order valence-corrected chi connectivity index (χ0v) is 18.0. The molecule has 0 atom stereocenters. The number of aromatic nitrogens is 1. The molecule has 154 valence electrons. The summed E-state index contributed by atoms with van der Waals surface area (Å²) >= 11 is 0. The molecule has 0 spiro atoms. The molecule has 5 nitrogen and oxygen atoms in total. The smallest absolute Gasteiger partial charge is 0.256 e. The Kier molecular flexibility index (Phi) is 7.81. The molecule has 5 heteroatoms. The zero-order chi connectivity index (χ0) is 20.7. The summed E-state index contributed by atoms with van der Waals surface area (Å²) in [7, 11) is 1.63. The number of anilines is 1. The summed E-state index contributed by atoms with van der Waals surface area (Å²) < 4.78 is 11.7. The molecular formula is C23H34N2O3. The van der Waals surface area contributed by atoms with E-state index in [1.807, 2.05) is 24.3 Å². The zero-order valence-electron chi connectivity index (χ0n) is 18.0. The Balaban J connectivity index is 2.39. The molecule has 0 bridgehead atoms. The highest BCUT2D eigenvalue weighted by Gasteiger charge is 2.40. The second-order valence-corrected chi connectivity index (χ2v) is 8.21. The summed E-state index contributed by atoms with van der Waals surface area (Å²) in [6.45, 7) is 11.1. The minimum Gasteiger partial charge on any atom is -0.491 e. The standard InChI is InChI=1S/C23H34N2O3/c1-7-13-28-20-11-10-19(18-9-8-12-24-21(18)20)25-22(26)23(27-6,14-16(2)3)15-17(4)5/h8-12,16-17H,7,13-15H2,1-6H3,(H,25,26). The Labute approximate surface area is 168 Å². The molecule has 0 radical (unpaired) electrons. The van der Waals surface area contributed by atoms with Gasteiger partial charge in [0.15, 0.2) is 0 Å². The number of amides is 1. The summed E-state index contributed by atoms with van der Waals surface area (Å²) in [6, 6.07) is 7.58. The van der Waals surface area contributed by atoms with E-state index in [-0.39, 0.29) is 5.91 Å². The van der Waals surface area contributed by atoms with Crippen LogP contribution in [0.15, 0.2) is 30.5 Å². The predicted octanol–water partition coefficient (Wildman–Crippen LogP) is 5.44. The van der Waals surface area contributed by atoms with Gasteiger partial charge >= 0.3 is 0 Å². The van der Waals surface area contributed by atoms with Gasteiger partial charge in [-0.05, 0) is 55.4 Å². The summed E-state index contributed by atoms with van der Waals surface area (Å²) in [5.74, 6) is 1.31. The van der Waals surface area contributed by atoms with Crippen LogP contribution in [0.3, 0.4) is 0 Å². The van der Waals surface area contributed by atoms with Gasteiger partial charge in [0.2, 0.25) is 0 Å². The number of nitrogens with zero attached hydrogens (tertiary/aromatic N) is 1. The first kappa shape index (κ1) is 22.2. The number of fused-ring (bicyclic) bond motifs is 1. The average Bonchev–Trinajstić information content (AvgIpc) is 2.65. The molecule has 0 aliphatic rings. The Bertz CT molecular complexity index is 777. The Hall–Kier alpha value is -2.14. The third kappa shape index (κ3) is 5.22. The number of benzene rings is 1. The van der Waals surface area contributed by atoms with Gasteiger partial charge in [-0.2, -0.15) is 0 Å². The summed E-state index contributed by atoms with van der Waals surface area (Å²) in [5.41, 5.74) is 0.629. The van der Waals surface area contributed by atoms with Gasteiger partial charge in [-0.25, -0.2) is 0 Å². The number of ether oxygens (including phenoxy) is 2. The second kappa shape index (κ2) is 9.87. The van der Waals surface area contributed by atoms with Crippen molar-refractivity contribution in [1.82, 2.24) is 4.98 Å². The number of hydrogen-bond donors (Lipinski definition) is 1. The highest BCUT2D eigenvalue weighted by molar-refractivity contribution is 6.05. The normalized spacial score (nSPS) is 12.0. The maximum Gasteiger partial charge on any atom is 0.256 e. The highest BCUT2D eigenvalue weighted by atomic mass is 16.5. The van der Waals surface area contributed by atoms with Gasteiger partial charge in [-0.15, -0.1) is 0 Å². The van der Waals surface area contributed by atoms with Crippen molar-refractivity contribution < 1.29 is 14.3 Å². The first-order chi connectivity index (χ1) is 13.3. The van der Waals surface area contributed by atoms with Crippen LogP contribution in [0.4, 0.5) is 5.69 Å². The third-order valence-electron chi connectivity index (χ3n) is 4.72. The molecule has 1 aromatic carbocycles. The molecule has 2 aromatic rings. The van der Waals surface area contributed by atoms with Crippen molar-refractivity contribution in [1.29, 1.82) is 0 Å². The van der Waals surface area contributed by atoms with E-state index < -0.39 is 5.60 Å². The maximum atomic E-state index is 13.3. The lowest BCUT2D eigenvalue weighted by Gasteiger charge is -2.34. The van der Waals surface area contributed by atoms with Gasteiger partial charge in [0.1, 0.15) is 16.9 Å². The largest absolute Gasteiger partial charge is 0.491 e. The van der Waals surface area contributed by atoms with E-state index in [4.69, 9.17) is 9.47 Å². The van der Waals surface area contributed by atoms with E-state index in [2.05, 4.69) is 44.9 Å². The van der Waals surface area contributed by atoms with E-state index in [1.54, 1.807) is 13.3 Å². The van der Waals surface area contributed by atoms with Crippen LogP contribution in [0, 0.1) is 11.8 Å². The first-order valence-corrected chi connectivity index (χ1v) is 10.2. The number of carbonyl (C=O) groups excluding carboxylic acids is 1. The van der Waals surface area contributed by atoms with E-state index >= 15 is 0 Å². The number of pyridine rings is 1. The summed E-state index contributed by atoms with van der Waals surface area (Å²) in [4.78, 5) is 17.8. The number of carbonyl (C=O) groups is 1. The summed E-state index contributed by atoms with van der Waals surface area (Å²) in [5, 5.41) is 3.98. The van der Waals surface area contributed by atoms with Crippen molar-refractivity contribution in [2.24, 2.45) is 11.8 Å². The van der Waals surface area contributed by atoms with Crippen molar-refractivity contribution in [3.63, 3.8) is 0 Å². The van der Waals surface area contributed by atoms with Crippen LogP contribution in [-0.4, -0.2) is 30.2 Å². The van der Waals surface area contributed by atoms with Crippen LogP contribution in [0.5, 0.6) is 5.75 Å². The van der Waals surface area contributed by atoms with Gasteiger partial charge in [-0.3, -0.25) is 9.78 Å². The Morgan fingerprint density at radius 3 is 2.39 bits per heavy atom. The molecule has 28 heavy (non-hydrogen) atoms. The third-order valence-corrected chi connectivity index (χ3v) is 4.72. The fourth-order valence-corrected chi connectivity index (χ4v) is 3.67.